The molecule has 9 heteroatoms. The molecule has 162 valence electrons. The number of fused-ring (bicyclic) bond motifs is 1. The number of aryl methyl sites for hydroxylation is 2. The SMILES string of the molecule is COc1cc2cc(C(=O)N3CC[C@@H](c4ncc(C(N)=O)c(C)n4)C3)n(C)c2cc1OC. The van der Waals surface area contributed by atoms with E-state index in [-0.39, 0.29) is 11.8 Å². The van der Waals surface area contributed by atoms with E-state index in [0.29, 0.717) is 47.4 Å². The largest absolute Gasteiger partial charge is 0.493 e. The van der Waals surface area contributed by atoms with Gasteiger partial charge in [0, 0.05) is 43.7 Å². The van der Waals surface area contributed by atoms with Gasteiger partial charge in [-0.05, 0) is 25.5 Å². The number of hydrogen-bond acceptors (Lipinski definition) is 6. The fourth-order valence-corrected chi connectivity index (χ4v) is 4.11. The van der Waals surface area contributed by atoms with Gasteiger partial charge in [0.25, 0.3) is 11.8 Å². The van der Waals surface area contributed by atoms with Gasteiger partial charge in [-0.25, -0.2) is 9.97 Å². The summed E-state index contributed by atoms with van der Waals surface area (Å²) >= 11 is 0. The Morgan fingerprint density at radius 1 is 1.16 bits per heavy atom. The zero-order valence-electron chi connectivity index (χ0n) is 18.0. The molecule has 3 aromatic rings. The fraction of sp³-hybridized carbons (Fsp3) is 0.364. The average molecular weight is 423 g/mol. The van der Waals surface area contributed by atoms with Crippen LogP contribution in [-0.2, 0) is 7.05 Å². The molecule has 1 aromatic carbocycles. The van der Waals surface area contributed by atoms with Gasteiger partial charge in [-0.3, -0.25) is 9.59 Å². The van der Waals surface area contributed by atoms with E-state index < -0.39 is 5.91 Å². The number of nitrogens with two attached hydrogens (primary N) is 1. The van der Waals surface area contributed by atoms with E-state index in [1.54, 1.807) is 21.1 Å². The molecule has 31 heavy (non-hydrogen) atoms. The monoisotopic (exact) mass is 423 g/mol. The van der Waals surface area contributed by atoms with Crippen molar-refractivity contribution in [1.29, 1.82) is 0 Å². The molecular formula is C22H25N5O4. The van der Waals surface area contributed by atoms with Crippen LogP contribution < -0.4 is 15.2 Å². The average Bonchev–Trinajstić information content (AvgIpc) is 3.37. The summed E-state index contributed by atoms with van der Waals surface area (Å²) in [5.41, 5.74) is 7.68. The number of methoxy groups -OCH3 is 2. The first-order valence-corrected chi connectivity index (χ1v) is 9.98. The molecule has 0 saturated carbocycles. The summed E-state index contributed by atoms with van der Waals surface area (Å²) in [5, 5.41) is 0.903. The first-order valence-electron chi connectivity index (χ1n) is 9.98. The van der Waals surface area contributed by atoms with Gasteiger partial charge in [-0.1, -0.05) is 0 Å². The molecule has 0 spiro atoms. The Hall–Kier alpha value is -3.62. The fourth-order valence-electron chi connectivity index (χ4n) is 4.11. The van der Waals surface area contributed by atoms with Gasteiger partial charge in [-0.15, -0.1) is 0 Å². The van der Waals surface area contributed by atoms with Crippen molar-refractivity contribution in [1.82, 2.24) is 19.4 Å². The van der Waals surface area contributed by atoms with E-state index in [0.717, 1.165) is 17.3 Å². The third kappa shape index (κ3) is 3.56. The van der Waals surface area contributed by atoms with Gasteiger partial charge in [0.1, 0.15) is 11.5 Å². The van der Waals surface area contributed by atoms with Crippen molar-refractivity contribution in [2.45, 2.75) is 19.3 Å². The highest BCUT2D eigenvalue weighted by atomic mass is 16.5. The predicted molar refractivity (Wildman–Crippen MR) is 115 cm³/mol. The van der Waals surface area contributed by atoms with Crippen LogP contribution in [0.1, 0.15) is 44.7 Å². The Kier molecular flexibility index (Phi) is 5.26. The molecule has 0 unspecified atom stereocenters. The van der Waals surface area contributed by atoms with Crippen LogP contribution in [0.15, 0.2) is 24.4 Å². The Balaban J connectivity index is 1.58. The van der Waals surface area contributed by atoms with E-state index in [1.807, 2.05) is 34.7 Å². The zero-order valence-corrected chi connectivity index (χ0v) is 18.0. The van der Waals surface area contributed by atoms with Crippen LogP contribution in [-0.4, -0.2) is 58.6 Å². The van der Waals surface area contributed by atoms with Crippen molar-refractivity contribution in [2.75, 3.05) is 27.3 Å². The van der Waals surface area contributed by atoms with Crippen molar-refractivity contribution < 1.29 is 19.1 Å². The molecule has 1 fully saturated rings. The second-order valence-electron chi connectivity index (χ2n) is 7.68. The van der Waals surface area contributed by atoms with Crippen molar-refractivity contribution in [3.8, 4) is 11.5 Å². The Morgan fingerprint density at radius 3 is 2.52 bits per heavy atom. The molecule has 1 aliphatic rings. The maximum Gasteiger partial charge on any atom is 0.270 e. The maximum absolute atomic E-state index is 13.3. The highest BCUT2D eigenvalue weighted by molar-refractivity contribution is 5.99. The van der Waals surface area contributed by atoms with Gasteiger partial charge in [0.15, 0.2) is 11.5 Å². The van der Waals surface area contributed by atoms with Crippen molar-refractivity contribution in [2.24, 2.45) is 12.8 Å². The van der Waals surface area contributed by atoms with Crippen molar-refractivity contribution >= 4 is 22.7 Å². The van der Waals surface area contributed by atoms with Crippen LogP contribution in [0.2, 0.25) is 0 Å². The van der Waals surface area contributed by atoms with Gasteiger partial charge in [-0.2, -0.15) is 0 Å². The summed E-state index contributed by atoms with van der Waals surface area (Å²) in [5.74, 6) is 1.28. The molecule has 9 nitrogen and oxygen atoms in total. The van der Waals surface area contributed by atoms with Crippen LogP contribution in [0.25, 0.3) is 10.9 Å². The number of nitrogens with zero attached hydrogens (tertiary/aromatic N) is 4. The molecule has 1 aliphatic heterocycles. The minimum atomic E-state index is -0.545. The Bertz CT molecular complexity index is 1190. The summed E-state index contributed by atoms with van der Waals surface area (Å²) in [6.07, 6.45) is 2.22. The summed E-state index contributed by atoms with van der Waals surface area (Å²) in [4.78, 5) is 35.3. The van der Waals surface area contributed by atoms with Crippen LogP contribution in [0.5, 0.6) is 11.5 Å². The van der Waals surface area contributed by atoms with E-state index in [9.17, 15) is 9.59 Å². The number of hydrogen-bond donors (Lipinski definition) is 1. The third-order valence-electron chi connectivity index (χ3n) is 5.87. The highest BCUT2D eigenvalue weighted by Crippen LogP contribution is 2.34. The quantitative estimate of drug-likeness (QED) is 0.672. The smallest absolute Gasteiger partial charge is 0.270 e. The van der Waals surface area contributed by atoms with Gasteiger partial charge < -0.3 is 24.7 Å². The number of primary amides is 1. The second-order valence-corrected chi connectivity index (χ2v) is 7.68. The standard InChI is InChI=1S/C22H25N5O4/c1-12-15(20(23)28)10-24-21(25-12)13-5-6-27(11-13)22(29)17-7-14-8-18(30-3)19(31-4)9-16(14)26(17)2/h7-10,13H,5-6,11H2,1-4H3,(H2,23,28)/t13-/m1/s1. The van der Waals surface area contributed by atoms with Crippen molar-refractivity contribution in [3.63, 3.8) is 0 Å². The Labute approximate surface area is 179 Å². The van der Waals surface area contributed by atoms with Crippen molar-refractivity contribution in [3.05, 3.63) is 47.2 Å². The molecule has 0 bridgehead atoms. The van der Waals surface area contributed by atoms with E-state index in [4.69, 9.17) is 15.2 Å². The molecule has 1 saturated heterocycles. The topological polar surface area (TPSA) is 113 Å². The number of carbonyl (C=O) groups is 2. The number of rotatable bonds is 5. The van der Waals surface area contributed by atoms with E-state index >= 15 is 0 Å². The highest BCUT2D eigenvalue weighted by Gasteiger charge is 2.31. The molecule has 2 N–H and O–H groups in total. The number of amides is 2. The minimum absolute atomic E-state index is 0.0134. The molecular weight excluding hydrogens is 398 g/mol. The van der Waals surface area contributed by atoms with E-state index in [2.05, 4.69) is 9.97 Å². The van der Waals surface area contributed by atoms with Crippen LogP contribution >= 0.6 is 0 Å². The molecule has 2 aromatic heterocycles. The molecule has 1 atom stereocenters. The van der Waals surface area contributed by atoms with Gasteiger partial charge >= 0.3 is 0 Å². The number of carbonyl (C=O) groups excluding carboxylic acids is 2. The maximum atomic E-state index is 13.3. The summed E-state index contributed by atoms with van der Waals surface area (Å²) < 4.78 is 12.6. The summed E-state index contributed by atoms with van der Waals surface area (Å²) in [7, 11) is 5.04. The lowest BCUT2D eigenvalue weighted by atomic mass is 10.1. The zero-order chi connectivity index (χ0) is 22.3. The van der Waals surface area contributed by atoms with E-state index in [1.165, 1.54) is 6.20 Å². The van der Waals surface area contributed by atoms with Gasteiger partial charge in [0.05, 0.1) is 31.0 Å². The van der Waals surface area contributed by atoms with Crippen LogP contribution in [0, 0.1) is 6.92 Å². The van der Waals surface area contributed by atoms with Crippen LogP contribution in [0.3, 0.4) is 0 Å². The molecule has 2 amide bonds. The molecule has 0 aliphatic carbocycles. The molecule has 4 rings (SSSR count). The first kappa shape index (κ1) is 20.6. The number of likely N-dealkylation sites (tertiary alicyclic amines) is 1. The predicted octanol–water partition coefficient (Wildman–Crippen LogP) is 2.02. The summed E-state index contributed by atoms with van der Waals surface area (Å²) in [6, 6.07) is 5.61. The normalized spacial score (nSPS) is 16.0. The molecule has 3 heterocycles. The third-order valence-corrected chi connectivity index (χ3v) is 5.87. The lowest BCUT2D eigenvalue weighted by Crippen LogP contribution is -2.30. The lowest BCUT2D eigenvalue weighted by molar-refractivity contribution is 0.0781. The van der Waals surface area contributed by atoms with Crippen LogP contribution in [0.4, 0.5) is 0 Å². The lowest BCUT2D eigenvalue weighted by Gasteiger charge is -2.17. The second kappa shape index (κ2) is 7.90. The Morgan fingerprint density at radius 2 is 1.87 bits per heavy atom. The summed E-state index contributed by atoms with van der Waals surface area (Å²) in [6.45, 7) is 2.86. The minimum Gasteiger partial charge on any atom is -0.493 e. The molecule has 0 radical (unpaired) electrons. The van der Waals surface area contributed by atoms with Gasteiger partial charge in [0.2, 0.25) is 0 Å². The number of ether oxygens (including phenoxy) is 2. The first-order chi connectivity index (χ1) is 14.8. The number of aromatic nitrogens is 3. The number of benzene rings is 1.